The molecule has 1 rings (SSSR count). The van der Waals surface area contributed by atoms with E-state index in [-0.39, 0.29) is 11.8 Å². The lowest BCUT2D eigenvalue weighted by atomic mass is 10.0. The number of aliphatic carboxylic acids is 1. The molecule has 0 bridgehead atoms. The van der Waals surface area contributed by atoms with Crippen LogP contribution in [0.25, 0.3) is 0 Å². The lowest BCUT2D eigenvalue weighted by Crippen LogP contribution is -2.55. The molecule has 178 valence electrons. The van der Waals surface area contributed by atoms with Gasteiger partial charge in [-0.05, 0) is 46.0 Å². The first-order valence-electron chi connectivity index (χ1n) is 10.8. The topological polar surface area (TPSA) is 130 Å². The van der Waals surface area contributed by atoms with E-state index in [1.807, 2.05) is 20.8 Å². The normalized spacial score (nSPS) is 19.2. The summed E-state index contributed by atoms with van der Waals surface area (Å²) in [6, 6.07) is -2.18. The average molecular weight is 443 g/mol. The summed E-state index contributed by atoms with van der Waals surface area (Å²) in [7, 11) is 1.41. The third-order valence-corrected chi connectivity index (χ3v) is 4.81. The second kappa shape index (κ2) is 11.9. The Morgan fingerprint density at radius 3 is 2.39 bits per heavy atom. The number of hydrogen-bond donors (Lipinski definition) is 3. The molecule has 0 aromatic heterocycles. The van der Waals surface area contributed by atoms with Gasteiger partial charge in [0.1, 0.15) is 23.5 Å². The van der Waals surface area contributed by atoms with Crippen LogP contribution in [-0.2, 0) is 19.2 Å². The number of amidine groups is 1. The van der Waals surface area contributed by atoms with Crippen molar-refractivity contribution in [3.63, 3.8) is 0 Å². The van der Waals surface area contributed by atoms with E-state index in [0.717, 1.165) is 6.42 Å². The number of nitrogens with one attached hydrogen (secondary N) is 2. The third kappa shape index (κ3) is 8.35. The van der Waals surface area contributed by atoms with E-state index in [0.29, 0.717) is 31.6 Å². The minimum absolute atomic E-state index is 0.177. The van der Waals surface area contributed by atoms with Gasteiger partial charge in [0.15, 0.2) is 0 Å². The molecule has 10 heteroatoms. The first kappa shape index (κ1) is 26.7. The molecule has 0 aromatic carbocycles. The smallest absolute Gasteiger partial charge is 0.408 e. The van der Waals surface area contributed by atoms with Crippen LogP contribution in [0.4, 0.5) is 4.79 Å². The van der Waals surface area contributed by atoms with Gasteiger partial charge in [-0.3, -0.25) is 20.1 Å². The Balaban J connectivity index is 3.12. The standard InChI is InChI=1S/C21H38N4O6/c1-8-10-14(19(27)28)22-17(24-30-7)15-11-9-12-25(15)18(26)16(13(2)3)23-20(29)31-21(4,5)6/h13-16H,8-12H2,1-7H3,(H,22,24)(H,23,29)(H,27,28)/t14-,15-,16?/m0/s1. The Bertz CT molecular complexity index is 659. The van der Waals surface area contributed by atoms with Crippen molar-refractivity contribution in [3.8, 4) is 0 Å². The zero-order chi connectivity index (χ0) is 23.8. The number of aliphatic imine (C=N–C) groups is 1. The summed E-state index contributed by atoms with van der Waals surface area (Å²) in [6.07, 6.45) is 1.71. The van der Waals surface area contributed by atoms with Crippen LogP contribution >= 0.6 is 0 Å². The third-order valence-electron chi connectivity index (χ3n) is 4.81. The summed E-state index contributed by atoms with van der Waals surface area (Å²) in [5.74, 6) is -1.17. The number of ether oxygens (including phenoxy) is 1. The van der Waals surface area contributed by atoms with Crippen molar-refractivity contribution in [2.24, 2.45) is 10.9 Å². The Morgan fingerprint density at radius 2 is 1.90 bits per heavy atom. The molecular formula is C21H38N4O6. The minimum Gasteiger partial charge on any atom is -0.480 e. The van der Waals surface area contributed by atoms with Crippen molar-refractivity contribution < 1.29 is 29.1 Å². The van der Waals surface area contributed by atoms with Crippen LogP contribution < -0.4 is 10.8 Å². The van der Waals surface area contributed by atoms with Gasteiger partial charge in [0.25, 0.3) is 0 Å². The highest BCUT2D eigenvalue weighted by Crippen LogP contribution is 2.22. The van der Waals surface area contributed by atoms with Crippen molar-refractivity contribution in [1.29, 1.82) is 0 Å². The molecule has 0 radical (unpaired) electrons. The zero-order valence-corrected chi connectivity index (χ0v) is 19.7. The molecule has 0 aromatic rings. The molecule has 0 spiro atoms. The molecular weight excluding hydrogens is 404 g/mol. The van der Waals surface area contributed by atoms with Crippen LogP contribution in [0.3, 0.4) is 0 Å². The number of nitrogens with zero attached hydrogens (tertiary/aromatic N) is 2. The first-order chi connectivity index (χ1) is 14.4. The molecule has 3 atom stereocenters. The van der Waals surface area contributed by atoms with Gasteiger partial charge in [-0.25, -0.2) is 9.59 Å². The summed E-state index contributed by atoms with van der Waals surface area (Å²) in [4.78, 5) is 48.2. The van der Waals surface area contributed by atoms with Gasteiger partial charge in [-0.15, -0.1) is 0 Å². The van der Waals surface area contributed by atoms with E-state index in [4.69, 9.17) is 9.57 Å². The summed E-state index contributed by atoms with van der Waals surface area (Å²) in [6.45, 7) is 11.3. The van der Waals surface area contributed by atoms with Crippen molar-refractivity contribution in [1.82, 2.24) is 15.7 Å². The lowest BCUT2D eigenvalue weighted by Gasteiger charge is -2.32. The number of carbonyl (C=O) groups is 3. The number of alkyl carbamates (subject to hydrolysis) is 1. The molecule has 1 fully saturated rings. The minimum atomic E-state index is -1.03. The summed E-state index contributed by atoms with van der Waals surface area (Å²) in [5.41, 5.74) is 1.99. The number of hydrogen-bond acceptors (Lipinski definition) is 6. The van der Waals surface area contributed by atoms with Gasteiger partial charge in [0.2, 0.25) is 5.91 Å². The molecule has 1 unspecified atom stereocenters. The molecule has 1 aliphatic rings. The number of amides is 2. The highest BCUT2D eigenvalue weighted by molar-refractivity contribution is 5.95. The quantitative estimate of drug-likeness (QED) is 0.284. The highest BCUT2D eigenvalue weighted by Gasteiger charge is 2.38. The van der Waals surface area contributed by atoms with Crippen LogP contribution in [0.5, 0.6) is 0 Å². The van der Waals surface area contributed by atoms with Gasteiger partial charge in [-0.2, -0.15) is 0 Å². The number of rotatable bonds is 9. The van der Waals surface area contributed by atoms with E-state index in [2.05, 4.69) is 15.8 Å². The molecule has 1 heterocycles. The van der Waals surface area contributed by atoms with E-state index in [9.17, 15) is 19.5 Å². The van der Waals surface area contributed by atoms with Gasteiger partial charge >= 0.3 is 12.1 Å². The number of likely N-dealkylation sites (tertiary alicyclic amines) is 1. The Hall–Kier alpha value is -2.36. The van der Waals surface area contributed by atoms with Crippen LogP contribution in [0.15, 0.2) is 4.99 Å². The fourth-order valence-corrected chi connectivity index (χ4v) is 3.41. The maximum absolute atomic E-state index is 13.4. The second-order valence-electron chi connectivity index (χ2n) is 9.02. The molecule has 1 saturated heterocycles. The van der Waals surface area contributed by atoms with Crippen molar-refractivity contribution in [2.75, 3.05) is 13.7 Å². The SMILES string of the molecule is CCC[C@H](N=C(NOC)[C@@H]1CCCN1C(=O)C(NC(=O)OC(C)(C)C)C(C)C)C(=O)O. The highest BCUT2D eigenvalue weighted by atomic mass is 16.6. The summed E-state index contributed by atoms with van der Waals surface area (Å²) < 4.78 is 5.31. The fraction of sp³-hybridized carbons (Fsp3) is 0.810. The number of carboxylic acid groups (broad SMARTS) is 1. The van der Waals surface area contributed by atoms with Gasteiger partial charge in [0.05, 0.1) is 13.2 Å². The number of carboxylic acids is 1. The van der Waals surface area contributed by atoms with E-state index in [1.165, 1.54) is 7.11 Å². The number of carbonyl (C=O) groups excluding carboxylic acids is 2. The largest absolute Gasteiger partial charge is 0.480 e. The average Bonchev–Trinajstić information content (AvgIpc) is 3.12. The molecule has 0 saturated carbocycles. The monoisotopic (exact) mass is 442 g/mol. The molecule has 2 amide bonds. The van der Waals surface area contributed by atoms with Gasteiger partial charge in [-0.1, -0.05) is 27.2 Å². The van der Waals surface area contributed by atoms with E-state index >= 15 is 0 Å². The van der Waals surface area contributed by atoms with E-state index in [1.54, 1.807) is 25.7 Å². The summed E-state index contributed by atoms with van der Waals surface area (Å²) in [5, 5.41) is 12.2. The molecule has 0 aliphatic carbocycles. The molecule has 3 N–H and O–H groups in total. The predicted molar refractivity (Wildman–Crippen MR) is 117 cm³/mol. The van der Waals surface area contributed by atoms with Crippen molar-refractivity contribution in [2.45, 2.75) is 91.0 Å². The first-order valence-corrected chi connectivity index (χ1v) is 10.8. The molecule has 1 aliphatic heterocycles. The van der Waals surface area contributed by atoms with E-state index < -0.39 is 35.8 Å². The molecule has 31 heavy (non-hydrogen) atoms. The van der Waals surface area contributed by atoms with Gasteiger partial charge < -0.3 is 20.1 Å². The Morgan fingerprint density at radius 1 is 1.26 bits per heavy atom. The van der Waals surface area contributed by atoms with Gasteiger partial charge in [0, 0.05) is 6.54 Å². The van der Waals surface area contributed by atoms with Crippen molar-refractivity contribution in [3.05, 3.63) is 0 Å². The van der Waals surface area contributed by atoms with Crippen LogP contribution in [0.1, 0.15) is 67.2 Å². The maximum atomic E-state index is 13.4. The second-order valence-corrected chi connectivity index (χ2v) is 9.02. The molecule has 10 nitrogen and oxygen atoms in total. The van der Waals surface area contributed by atoms with Crippen LogP contribution in [0.2, 0.25) is 0 Å². The Labute approximate surface area is 184 Å². The Kier molecular flexibility index (Phi) is 10.2. The fourth-order valence-electron chi connectivity index (χ4n) is 3.41. The van der Waals surface area contributed by atoms with Crippen LogP contribution in [-0.4, -0.2) is 71.2 Å². The lowest BCUT2D eigenvalue weighted by molar-refractivity contribution is -0.138. The maximum Gasteiger partial charge on any atom is 0.408 e. The summed E-state index contributed by atoms with van der Waals surface area (Å²) >= 11 is 0. The van der Waals surface area contributed by atoms with Crippen LogP contribution in [0, 0.1) is 5.92 Å². The van der Waals surface area contributed by atoms with Crippen molar-refractivity contribution >= 4 is 23.8 Å². The number of hydroxylamine groups is 1. The predicted octanol–water partition coefficient (Wildman–Crippen LogP) is 2.33. The zero-order valence-electron chi connectivity index (χ0n) is 19.7.